The van der Waals surface area contributed by atoms with Crippen molar-refractivity contribution in [3.05, 3.63) is 69.1 Å². The molecule has 0 fully saturated rings. The summed E-state index contributed by atoms with van der Waals surface area (Å²) < 4.78 is 0. The molecule has 2 N–H and O–H groups in total. The monoisotopic (exact) mass is 313 g/mol. The van der Waals surface area contributed by atoms with Gasteiger partial charge in [0.1, 0.15) is 11.4 Å². The normalized spacial score (nSPS) is 10.6. The van der Waals surface area contributed by atoms with E-state index in [2.05, 4.69) is 15.3 Å². The van der Waals surface area contributed by atoms with Crippen LogP contribution in [0.2, 0.25) is 5.02 Å². The third-order valence-corrected chi connectivity index (χ3v) is 3.45. The molecule has 0 saturated carbocycles. The minimum atomic E-state index is -0.504. The van der Waals surface area contributed by atoms with E-state index in [-0.39, 0.29) is 11.0 Å². The molecule has 0 unspecified atom stereocenters. The Balaban J connectivity index is 1.99. The number of fused-ring (bicyclic) bond motifs is 1. The Morgan fingerprint density at radius 2 is 2.09 bits per heavy atom. The van der Waals surface area contributed by atoms with Crippen LogP contribution in [-0.2, 0) is 0 Å². The molecule has 6 heteroatoms. The summed E-state index contributed by atoms with van der Waals surface area (Å²) in [7, 11) is 0. The molecule has 110 valence electrons. The zero-order chi connectivity index (χ0) is 15.7. The van der Waals surface area contributed by atoms with E-state index in [0.717, 1.165) is 5.69 Å². The van der Waals surface area contributed by atoms with Crippen molar-refractivity contribution in [2.24, 2.45) is 0 Å². The van der Waals surface area contributed by atoms with Crippen molar-refractivity contribution >= 4 is 34.2 Å². The number of nitrogens with zero attached hydrogens (tertiary/aromatic N) is 1. The summed E-state index contributed by atoms with van der Waals surface area (Å²) >= 11 is 5.89. The van der Waals surface area contributed by atoms with Gasteiger partial charge >= 0.3 is 0 Å². The van der Waals surface area contributed by atoms with Gasteiger partial charge in [0.15, 0.2) is 0 Å². The zero-order valence-electron chi connectivity index (χ0n) is 11.7. The summed E-state index contributed by atoms with van der Waals surface area (Å²) in [5.41, 5.74) is 1.04. The van der Waals surface area contributed by atoms with E-state index in [1.54, 1.807) is 30.3 Å². The van der Waals surface area contributed by atoms with E-state index in [1.165, 1.54) is 6.20 Å². The van der Waals surface area contributed by atoms with Crippen LogP contribution in [0, 0.1) is 6.92 Å². The molecular weight excluding hydrogens is 302 g/mol. The highest BCUT2D eigenvalue weighted by atomic mass is 35.5. The minimum absolute atomic E-state index is 0.0260. The Bertz CT molecular complexity index is 934. The molecule has 22 heavy (non-hydrogen) atoms. The average Bonchev–Trinajstić information content (AvgIpc) is 2.47. The lowest BCUT2D eigenvalue weighted by molar-refractivity contribution is 0.102. The van der Waals surface area contributed by atoms with E-state index >= 15 is 0 Å². The maximum Gasteiger partial charge on any atom is 0.262 e. The van der Waals surface area contributed by atoms with Crippen molar-refractivity contribution in [1.29, 1.82) is 0 Å². The molecule has 0 radical (unpaired) electrons. The van der Waals surface area contributed by atoms with Gasteiger partial charge < -0.3 is 10.3 Å². The van der Waals surface area contributed by atoms with Gasteiger partial charge in [-0.1, -0.05) is 17.7 Å². The van der Waals surface area contributed by atoms with Gasteiger partial charge in [0, 0.05) is 22.3 Å². The predicted octanol–water partition coefficient (Wildman–Crippen LogP) is 3.14. The maximum atomic E-state index is 12.4. The van der Waals surface area contributed by atoms with Crippen LogP contribution in [0.3, 0.4) is 0 Å². The highest BCUT2D eigenvalue weighted by Gasteiger charge is 2.13. The van der Waals surface area contributed by atoms with E-state index in [4.69, 9.17) is 11.6 Å². The SMILES string of the molecule is Cc1cccc(NC(=O)c2c[nH]c3cc(Cl)ccc3c2=O)n1. The van der Waals surface area contributed by atoms with Gasteiger partial charge in [-0.3, -0.25) is 9.59 Å². The number of halogens is 1. The highest BCUT2D eigenvalue weighted by Crippen LogP contribution is 2.15. The molecule has 2 heterocycles. The smallest absolute Gasteiger partial charge is 0.262 e. The molecule has 1 aromatic carbocycles. The van der Waals surface area contributed by atoms with Crippen molar-refractivity contribution in [3.8, 4) is 0 Å². The van der Waals surface area contributed by atoms with Crippen molar-refractivity contribution in [2.45, 2.75) is 6.92 Å². The van der Waals surface area contributed by atoms with Gasteiger partial charge in [-0.15, -0.1) is 0 Å². The summed E-state index contributed by atoms with van der Waals surface area (Å²) in [6.45, 7) is 1.82. The Labute approximate surface area is 131 Å². The van der Waals surface area contributed by atoms with Gasteiger partial charge in [0.25, 0.3) is 5.91 Å². The molecule has 3 rings (SSSR count). The number of carbonyl (C=O) groups excluding carboxylic acids is 1. The maximum absolute atomic E-state index is 12.4. The molecule has 0 atom stereocenters. The first-order valence-electron chi connectivity index (χ1n) is 6.60. The first kappa shape index (κ1) is 14.3. The van der Waals surface area contributed by atoms with Crippen molar-refractivity contribution < 1.29 is 4.79 Å². The lowest BCUT2D eigenvalue weighted by Crippen LogP contribution is -2.22. The van der Waals surface area contributed by atoms with Crippen LogP contribution < -0.4 is 10.7 Å². The average molecular weight is 314 g/mol. The Hall–Kier alpha value is -2.66. The standard InChI is InChI=1S/C16H12ClN3O2/c1-9-3-2-4-14(19-9)20-16(22)12-8-18-13-7-10(17)5-6-11(13)15(12)21/h2-8H,1H3,(H,18,21)(H,19,20,22). The fraction of sp³-hybridized carbons (Fsp3) is 0.0625. The largest absolute Gasteiger partial charge is 0.360 e. The van der Waals surface area contributed by atoms with Gasteiger partial charge in [0.2, 0.25) is 5.43 Å². The molecule has 0 aliphatic heterocycles. The van der Waals surface area contributed by atoms with E-state index in [0.29, 0.717) is 21.7 Å². The third-order valence-electron chi connectivity index (χ3n) is 3.22. The number of aromatic nitrogens is 2. The number of amides is 1. The van der Waals surface area contributed by atoms with Gasteiger partial charge in [-0.05, 0) is 37.3 Å². The van der Waals surface area contributed by atoms with Gasteiger partial charge in [-0.2, -0.15) is 0 Å². The lowest BCUT2D eigenvalue weighted by atomic mass is 10.1. The Morgan fingerprint density at radius 3 is 2.86 bits per heavy atom. The van der Waals surface area contributed by atoms with Crippen LogP contribution >= 0.6 is 11.6 Å². The summed E-state index contributed by atoms with van der Waals surface area (Å²) in [5, 5.41) is 3.55. The molecule has 5 nitrogen and oxygen atoms in total. The lowest BCUT2D eigenvalue weighted by Gasteiger charge is -2.06. The summed E-state index contributed by atoms with van der Waals surface area (Å²) in [6.07, 6.45) is 1.38. The van der Waals surface area contributed by atoms with Crippen LogP contribution in [-0.4, -0.2) is 15.9 Å². The number of nitrogens with one attached hydrogen (secondary N) is 2. The molecule has 3 aromatic rings. The first-order valence-corrected chi connectivity index (χ1v) is 6.98. The van der Waals surface area contributed by atoms with Crippen molar-refractivity contribution in [3.63, 3.8) is 0 Å². The van der Waals surface area contributed by atoms with Crippen molar-refractivity contribution in [2.75, 3.05) is 5.32 Å². The van der Waals surface area contributed by atoms with Crippen LogP contribution in [0.4, 0.5) is 5.82 Å². The number of hydrogen-bond donors (Lipinski definition) is 2. The van der Waals surface area contributed by atoms with Crippen LogP contribution in [0.15, 0.2) is 47.4 Å². The molecule has 2 aromatic heterocycles. The number of rotatable bonds is 2. The molecule has 0 aliphatic rings. The molecule has 0 aliphatic carbocycles. The number of H-pyrrole nitrogens is 1. The molecule has 0 bridgehead atoms. The fourth-order valence-electron chi connectivity index (χ4n) is 2.16. The number of pyridine rings is 2. The van der Waals surface area contributed by atoms with E-state index in [9.17, 15) is 9.59 Å². The van der Waals surface area contributed by atoms with Crippen LogP contribution in [0.1, 0.15) is 16.1 Å². The quantitative estimate of drug-likeness (QED) is 0.763. The number of hydrogen-bond acceptors (Lipinski definition) is 3. The summed E-state index contributed by atoms with van der Waals surface area (Å²) in [4.78, 5) is 31.7. The number of aryl methyl sites for hydroxylation is 1. The van der Waals surface area contributed by atoms with Gasteiger partial charge in [-0.25, -0.2) is 4.98 Å². The third kappa shape index (κ3) is 2.71. The first-order chi connectivity index (χ1) is 10.5. The zero-order valence-corrected chi connectivity index (χ0v) is 12.4. The van der Waals surface area contributed by atoms with Crippen LogP contribution in [0.5, 0.6) is 0 Å². The molecule has 0 saturated heterocycles. The molecule has 0 spiro atoms. The number of aromatic amines is 1. The van der Waals surface area contributed by atoms with Crippen LogP contribution in [0.25, 0.3) is 10.9 Å². The predicted molar refractivity (Wildman–Crippen MR) is 86.5 cm³/mol. The number of benzene rings is 1. The summed E-state index contributed by atoms with van der Waals surface area (Å²) in [5.74, 6) is -0.100. The fourth-order valence-corrected chi connectivity index (χ4v) is 2.33. The second-order valence-corrected chi connectivity index (χ2v) is 5.28. The van der Waals surface area contributed by atoms with Gasteiger partial charge in [0.05, 0.1) is 5.52 Å². The molecular formula is C16H12ClN3O2. The Morgan fingerprint density at radius 1 is 1.27 bits per heavy atom. The summed E-state index contributed by atoms with van der Waals surface area (Å²) in [6, 6.07) is 10.1. The second-order valence-electron chi connectivity index (χ2n) is 4.84. The number of carbonyl (C=O) groups is 1. The van der Waals surface area contributed by atoms with Crippen molar-refractivity contribution in [1.82, 2.24) is 9.97 Å². The minimum Gasteiger partial charge on any atom is -0.360 e. The molecule has 1 amide bonds. The van der Waals surface area contributed by atoms with E-state index < -0.39 is 5.91 Å². The van der Waals surface area contributed by atoms with E-state index in [1.807, 2.05) is 13.0 Å². The Kier molecular flexibility index (Phi) is 3.65. The second kappa shape index (κ2) is 5.61. The highest BCUT2D eigenvalue weighted by molar-refractivity contribution is 6.31. The number of anilines is 1. The topological polar surface area (TPSA) is 74.8 Å².